The molecule has 0 radical (unpaired) electrons. The molecule has 2 aromatic carbocycles. The molecule has 2 nitrogen and oxygen atoms in total. The smallest absolute Gasteiger partial charge is 0.160 e. The number of hydrogen-bond acceptors (Lipinski definition) is 2. The highest BCUT2D eigenvalue weighted by Gasteiger charge is 2.23. The molecule has 0 bridgehead atoms. The summed E-state index contributed by atoms with van der Waals surface area (Å²) in [6.07, 6.45) is 1.68. The van der Waals surface area contributed by atoms with E-state index in [2.05, 4.69) is 16.8 Å². The molecule has 0 aliphatic rings. The van der Waals surface area contributed by atoms with Crippen LogP contribution in [0.5, 0.6) is 0 Å². The summed E-state index contributed by atoms with van der Waals surface area (Å²) in [4.78, 5) is 0. The molecule has 0 saturated heterocycles. The molecule has 0 spiro atoms. The van der Waals surface area contributed by atoms with Crippen LogP contribution in [0.2, 0.25) is 5.15 Å². The monoisotopic (exact) mass is 360 g/mol. The van der Waals surface area contributed by atoms with E-state index in [1.165, 1.54) is 0 Å². The quantitative estimate of drug-likeness (QED) is 0.587. The van der Waals surface area contributed by atoms with Gasteiger partial charge in [-0.1, -0.05) is 48.5 Å². The lowest BCUT2D eigenvalue weighted by Gasteiger charge is -2.15. The summed E-state index contributed by atoms with van der Waals surface area (Å²) < 4.78 is 41.9. The van der Waals surface area contributed by atoms with E-state index in [-0.39, 0.29) is 10.7 Å². The Morgan fingerprint density at radius 2 is 1.52 bits per heavy atom. The minimum Gasteiger partial charge on any atom is -0.207 e. The summed E-state index contributed by atoms with van der Waals surface area (Å²) in [6, 6.07) is 8.35. The third kappa shape index (κ3) is 3.15. The lowest BCUT2D eigenvalue weighted by molar-refractivity contribution is 0.548. The van der Waals surface area contributed by atoms with Crippen LogP contribution in [0.1, 0.15) is 11.3 Å². The first-order chi connectivity index (χ1) is 11.9. The third-order valence-corrected chi connectivity index (χ3v) is 4.06. The van der Waals surface area contributed by atoms with Gasteiger partial charge in [0.2, 0.25) is 0 Å². The average Bonchev–Trinajstić information content (AvgIpc) is 2.57. The van der Waals surface area contributed by atoms with Crippen molar-refractivity contribution in [1.82, 2.24) is 10.2 Å². The Morgan fingerprint density at radius 3 is 2.08 bits per heavy atom. The molecule has 0 saturated carbocycles. The van der Waals surface area contributed by atoms with Crippen LogP contribution in [0.25, 0.3) is 28.3 Å². The summed E-state index contributed by atoms with van der Waals surface area (Å²) >= 11 is 6.11. The molecule has 0 atom stereocenters. The van der Waals surface area contributed by atoms with Gasteiger partial charge in [0.1, 0.15) is 17.5 Å². The first-order valence-electron chi connectivity index (χ1n) is 7.33. The van der Waals surface area contributed by atoms with Gasteiger partial charge in [0.15, 0.2) is 5.15 Å². The van der Waals surface area contributed by atoms with Crippen molar-refractivity contribution in [3.05, 3.63) is 76.8 Å². The Hall–Kier alpha value is -2.66. The zero-order valence-corrected chi connectivity index (χ0v) is 13.9. The minimum atomic E-state index is -1.06. The molecule has 0 aliphatic carbocycles. The maximum absolute atomic E-state index is 14.3. The molecule has 3 aromatic rings. The van der Waals surface area contributed by atoms with Gasteiger partial charge >= 0.3 is 0 Å². The van der Waals surface area contributed by atoms with Crippen molar-refractivity contribution in [2.75, 3.05) is 0 Å². The van der Waals surface area contributed by atoms with Gasteiger partial charge in [0.05, 0.1) is 11.3 Å². The highest BCUT2D eigenvalue weighted by Crippen LogP contribution is 2.40. The van der Waals surface area contributed by atoms with Gasteiger partial charge in [0, 0.05) is 23.3 Å². The fraction of sp³-hybridized carbons (Fsp3) is 0.0526. The molecule has 25 heavy (non-hydrogen) atoms. The van der Waals surface area contributed by atoms with E-state index in [0.717, 1.165) is 5.56 Å². The molecule has 3 rings (SSSR count). The molecule has 0 fully saturated rings. The van der Waals surface area contributed by atoms with Crippen molar-refractivity contribution in [1.29, 1.82) is 0 Å². The second kappa shape index (κ2) is 6.69. The Morgan fingerprint density at radius 1 is 0.920 bits per heavy atom. The standard InChI is InChI=1S/C19H12ClF3N2/c1-3-11-4-6-12(7-5-11)16-10(2)24-25-19(20)18(16)17-14(22)8-13(21)9-15(17)23/h3-9H,1H2,2H3. The summed E-state index contributed by atoms with van der Waals surface area (Å²) in [7, 11) is 0. The zero-order chi connectivity index (χ0) is 18.1. The number of aromatic nitrogens is 2. The van der Waals surface area contributed by atoms with Crippen LogP contribution in [0.3, 0.4) is 0 Å². The third-order valence-electron chi connectivity index (χ3n) is 3.80. The number of halogens is 4. The predicted molar refractivity (Wildman–Crippen MR) is 92.6 cm³/mol. The molecule has 0 N–H and O–H groups in total. The number of nitrogens with zero attached hydrogens (tertiary/aromatic N) is 2. The molecule has 0 amide bonds. The maximum atomic E-state index is 14.3. The van der Waals surface area contributed by atoms with Crippen LogP contribution < -0.4 is 0 Å². The molecular formula is C19H12ClF3N2. The van der Waals surface area contributed by atoms with Crippen molar-refractivity contribution in [2.24, 2.45) is 0 Å². The Bertz CT molecular complexity index is 946. The van der Waals surface area contributed by atoms with Crippen molar-refractivity contribution in [3.8, 4) is 22.3 Å². The summed E-state index contributed by atoms with van der Waals surface area (Å²) in [5, 5.41) is 7.52. The van der Waals surface area contributed by atoms with Crippen LogP contribution in [-0.2, 0) is 0 Å². The van der Waals surface area contributed by atoms with Crippen molar-refractivity contribution in [2.45, 2.75) is 6.92 Å². The second-order valence-corrected chi connectivity index (χ2v) is 5.75. The van der Waals surface area contributed by atoms with Gasteiger partial charge in [-0.25, -0.2) is 13.2 Å². The van der Waals surface area contributed by atoms with E-state index in [1.807, 2.05) is 0 Å². The maximum Gasteiger partial charge on any atom is 0.160 e. The lowest BCUT2D eigenvalue weighted by Crippen LogP contribution is -2.01. The average molecular weight is 361 g/mol. The van der Waals surface area contributed by atoms with E-state index < -0.39 is 23.0 Å². The van der Waals surface area contributed by atoms with Crippen LogP contribution in [0.15, 0.2) is 43.0 Å². The number of rotatable bonds is 3. The number of hydrogen-bond donors (Lipinski definition) is 0. The highest BCUT2D eigenvalue weighted by atomic mass is 35.5. The fourth-order valence-corrected chi connectivity index (χ4v) is 2.88. The largest absolute Gasteiger partial charge is 0.207 e. The Labute approximate surface area is 147 Å². The molecule has 0 unspecified atom stereocenters. The number of aryl methyl sites for hydroxylation is 1. The molecule has 6 heteroatoms. The van der Waals surface area contributed by atoms with Crippen molar-refractivity contribution < 1.29 is 13.2 Å². The zero-order valence-electron chi connectivity index (χ0n) is 13.2. The van der Waals surface area contributed by atoms with E-state index in [9.17, 15) is 13.2 Å². The van der Waals surface area contributed by atoms with Gasteiger partial charge in [0.25, 0.3) is 0 Å². The van der Waals surface area contributed by atoms with Gasteiger partial charge in [-0.05, 0) is 18.1 Å². The van der Waals surface area contributed by atoms with Gasteiger partial charge in [-0.3, -0.25) is 0 Å². The van der Waals surface area contributed by atoms with E-state index in [0.29, 0.717) is 29.0 Å². The Balaban J connectivity index is 2.34. The summed E-state index contributed by atoms with van der Waals surface area (Å²) in [6.45, 7) is 5.34. The van der Waals surface area contributed by atoms with Crippen LogP contribution in [0, 0.1) is 24.4 Å². The van der Waals surface area contributed by atoms with Gasteiger partial charge in [-0.2, -0.15) is 5.10 Å². The van der Waals surface area contributed by atoms with Gasteiger partial charge < -0.3 is 0 Å². The molecule has 1 heterocycles. The predicted octanol–water partition coefficient (Wildman–Crippen LogP) is 5.83. The van der Waals surface area contributed by atoms with E-state index in [1.54, 1.807) is 37.3 Å². The van der Waals surface area contributed by atoms with Crippen molar-refractivity contribution in [3.63, 3.8) is 0 Å². The van der Waals surface area contributed by atoms with E-state index in [4.69, 9.17) is 11.6 Å². The lowest BCUT2D eigenvalue weighted by atomic mass is 9.94. The number of benzene rings is 2. The van der Waals surface area contributed by atoms with E-state index >= 15 is 0 Å². The normalized spacial score (nSPS) is 10.8. The minimum absolute atomic E-state index is 0.0375. The molecule has 0 aliphatic heterocycles. The fourth-order valence-electron chi connectivity index (χ4n) is 2.65. The van der Waals surface area contributed by atoms with Crippen LogP contribution in [-0.4, -0.2) is 10.2 Å². The SMILES string of the molecule is C=Cc1ccc(-c2c(C)nnc(Cl)c2-c2c(F)cc(F)cc2F)cc1. The highest BCUT2D eigenvalue weighted by molar-refractivity contribution is 6.32. The summed E-state index contributed by atoms with van der Waals surface area (Å²) in [5.41, 5.74) is 2.00. The first kappa shape index (κ1) is 17.2. The molecule has 1 aromatic heterocycles. The molecule has 126 valence electrons. The van der Waals surface area contributed by atoms with Crippen molar-refractivity contribution >= 4 is 17.7 Å². The van der Waals surface area contributed by atoms with Gasteiger partial charge in [-0.15, -0.1) is 5.10 Å². The Kier molecular flexibility index (Phi) is 4.59. The first-order valence-corrected chi connectivity index (χ1v) is 7.70. The van der Waals surface area contributed by atoms with Crippen LogP contribution >= 0.6 is 11.6 Å². The topological polar surface area (TPSA) is 25.8 Å². The molecular weight excluding hydrogens is 349 g/mol. The second-order valence-electron chi connectivity index (χ2n) is 5.40. The summed E-state index contributed by atoms with van der Waals surface area (Å²) in [5.74, 6) is -3.13. The van der Waals surface area contributed by atoms with Crippen LogP contribution in [0.4, 0.5) is 13.2 Å².